The van der Waals surface area contributed by atoms with Crippen molar-refractivity contribution < 1.29 is 27.4 Å². The van der Waals surface area contributed by atoms with E-state index in [0.29, 0.717) is 24.6 Å². The molecule has 0 bridgehead atoms. The van der Waals surface area contributed by atoms with Crippen LogP contribution in [0.1, 0.15) is 11.1 Å². The maximum Gasteiger partial charge on any atom is 0.417 e. The van der Waals surface area contributed by atoms with E-state index in [9.17, 15) is 23.2 Å². The first-order chi connectivity index (χ1) is 19.1. The Morgan fingerprint density at radius 1 is 1.32 bits per heavy atom. The van der Waals surface area contributed by atoms with Crippen LogP contribution in [0.15, 0.2) is 51.8 Å². The Bertz CT molecular complexity index is 1660. The number of aryl methyl sites for hydroxylation is 2. The summed E-state index contributed by atoms with van der Waals surface area (Å²) in [6, 6.07) is 2.69. The zero-order chi connectivity index (χ0) is 29.0. The molecule has 1 aliphatic heterocycles. The Hall–Kier alpha value is -5.17. The van der Waals surface area contributed by atoms with Crippen molar-refractivity contribution in [2.75, 3.05) is 25.6 Å². The van der Waals surface area contributed by atoms with Gasteiger partial charge in [0.15, 0.2) is 17.2 Å². The molecule has 208 valence electrons. The molecular weight excluding hydrogens is 535 g/mol. The van der Waals surface area contributed by atoms with Gasteiger partial charge < -0.3 is 39.4 Å². The highest BCUT2D eigenvalue weighted by Gasteiger charge is 2.32. The van der Waals surface area contributed by atoms with Gasteiger partial charge in [0, 0.05) is 27.4 Å². The fourth-order valence-corrected chi connectivity index (χ4v) is 3.59. The molecule has 0 spiro atoms. The van der Waals surface area contributed by atoms with Gasteiger partial charge in [-0.05, 0) is 6.07 Å². The third-order valence-corrected chi connectivity index (χ3v) is 5.56. The molecule has 16 heteroatoms. The number of nitriles is 1. The van der Waals surface area contributed by atoms with Gasteiger partial charge in [-0.1, -0.05) is 0 Å². The van der Waals surface area contributed by atoms with Crippen molar-refractivity contribution in [3.05, 3.63) is 63.5 Å². The number of hydrogen-bond donors (Lipinski definition) is 3. The number of pyridine rings is 2. The summed E-state index contributed by atoms with van der Waals surface area (Å²) in [6.07, 6.45) is 0.977. The van der Waals surface area contributed by atoms with E-state index in [1.165, 1.54) is 44.4 Å². The number of aromatic nitrogens is 4. The molecule has 0 atom stereocenters. The summed E-state index contributed by atoms with van der Waals surface area (Å²) in [5.74, 6) is 0.232. The number of methoxy groups -OCH3 is 1. The molecule has 3 N–H and O–H groups in total. The second kappa shape index (κ2) is 11.3. The Balaban J connectivity index is 1.66. The van der Waals surface area contributed by atoms with Gasteiger partial charge in [-0.15, -0.1) is 0 Å². The third-order valence-electron chi connectivity index (χ3n) is 5.56. The third kappa shape index (κ3) is 5.63. The standard InChI is InChI=1S/C24H22F3N9O4/c1-35-12-13(24(25,26)27)6-15(22(35)37)33-23-34-21-20(36(23)2)14(7-28)18(10-32-21)40-17(8-29)16-9-31-19(11-30-16)39-5-4-38-3/h6,8-12,29-30H,4-5H2,1-3H3,(H,32,33,34)/b17-16+,29-8?. The van der Waals surface area contributed by atoms with Crippen molar-refractivity contribution in [1.82, 2.24) is 24.4 Å². The van der Waals surface area contributed by atoms with Crippen LogP contribution in [0, 0.1) is 16.7 Å². The Kier molecular flexibility index (Phi) is 7.86. The van der Waals surface area contributed by atoms with Crippen molar-refractivity contribution in [1.29, 1.82) is 10.7 Å². The lowest BCUT2D eigenvalue weighted by Crippen LogP contribution is -2.23. The van der Waals surface area contributed by atoms with E-state index >= 15 is 0 Å². The van der Waals surface area contributed by atoms with Crippen LogP contribution >= 0.6 is 0 Å². The summed E-state index contributed by atoms with van der Waals surface area (Å²) in [6.45, 7) is 0.661. The number of anilines is 2. The molecule has 3 aromatic rings. The fourth-order valence-electron chi connectivity index (χ4n) is 3.59. The minimum atomic E-state index is -4.68. The van der Waals surface area contributed by atoms with Crippen molar-refractivity contribution in [3.63, 3.8) is 0 Å². The first-order valence-corrected chi connectivity index (χ1v) is 11.4. The van der Waals surface area contributed by atoms with Crippen LogP contribution in [-0.4, -0.2) is 51.9 Å². The summed E-state index contributed by atoms with van der Waals surface area (Å²) in [5.41, 5.74) is -1.59. The maximum absolute atomic E-state index is 13.3. The highest BCUT2D eigenvalue weighted by molar-refractivity contribution is 5.90. The summed E-state index contributed by atoms with van der Waals surface area (Å²) >= 11 is 0. The number of hydrogen-bond acceptors (Lipinski definition) is 11. The predicted octanol–water partition coefficient (Wildman–Crippen LogP) is 2.68. The van der Waals surface area contributed by atoms with E-state index < -0.39 is 17.3 Å². The monoisotopic (exact) mass is 557 g/mol. The van der Waals surface area contributed by atoms with Gasteiger partial charge in [-0.25, -0.2) is 9.98 Å². The van der Waals surface area contributed by atoms with Crippen LogP contribution in [0.3, 0.4) is 0 Å². The summed E-state index contributed by atoms with van der Waals surface area (Å²) in [7, 11) is 4.23. The van der Waals surface area contributed by atoms with E-state index in [2.05, 4.69) is 25.6 Å². The average Bonchev–Trinajstić information content (AvgIpc) is 3.24. The minimum absolute atomic E-state index is 0.00145. The fraction of sp³-hybridized carbons (Fsp3) is 0.250. The second-order valence-electron chi connectivity index (χ2n) is 8.21. The number of alkyl halides is 3. The molecule has 0 saturated heterocycles. The van der Waals surface area contributed by atoms with Gasteiger partial charge in [0.05, 0.1) is 37.0 Å². The Morgan fingerprint density at radius 3 is 2.73 bits per heavy atom. The smallest absolute Gasteiger partial charge is 0.417 e. The van der Waals surface area contributed by atoms with Crippen LogP contribution in [0.2, 0.25) is 0 Å². The van der Waals surface area contributed by atoms with E-state index in [4.69, 9.17) is 19.6 Å². The number of halogens is 3. The molecule has 1 aliphatic rings. The van der Waals surface area contributed by atoms with Crippen molar-refractivity contribution >= 4 is 35.2 Å². The molecule has 3 aromatic heterocycles. The predicted molar refractivity (Wildman–Crippen MR) is 137 cm³/mol. The van der Waals surface area contributed by atoms with Crippen LogP contribution in [0.5, 0.6) is 5.75 Å². The highest BCUT2D eigenvalue weighted by Crippen LogP contribution is 2.32. The molecule has 0 amide bonds. The molecule has 13 nitrogen and oxygen atoms in total. The van der Waals surface area contributed by atoms with E-state index in [1.54, 1.807) is 0 Å². The normalized spacial score (nSPS) is 14.3. The van der Waals surface area contributed by atoms with Gasteiger partial charge in [-0.2, -0.15) is 23.4 Å². The van der Waals surface area contributed by atoms with Crippen molar-refractivity contribution in [3.8, 4) is 11.8 Å². The van der Waals surface area contributed by atoms with E-state index in [1.807, 2.05) is 6.07 Å². The molecule has 0 fully saturated rings. The molecule has 0 aromatic carbocycles. The maximum atomic E-state index is 13.3. The molecular formula is C24H22F3N9O4. The molecule has 4 heterocycles. The number of imidazole rings is 1. The van der Waals surface area contributed by atoms with Gasteiger partial charge in [0.2, 0.25) is 11.8 Å². The minimum Gasteiger partial charge on any atom is -0.474 e. The molecule has 0 unspecified atom stereocenters. The number of allylic oxidation sites excluding steroid dienone is 2. The highest BCUT2D eigenvalue weighted by atomic mass is 19.4. The van der Waals surface area contributed by atoms with Crippen LogP contribution in [-0.2, 0) is 29.7 Å². The number of nitrogens with zero attached hydrogens (tertiary/aromatic N) is 6. The van der Waals surface area contributed by atoms with Crippen molar-refractivity contribution in [2.45, 2.75) is 6.18 Å². The van der Waals surface area contributed by atoms with Gasteiger partial charge in [0.25, 0.3) is 5.56 Å². The Morgan fingerprint density at radius 2 is 2.10 bits per heavy atom. The quantitative estimate of drug-likeness (QED) is 0.204. The number of ether oxygens (including phenoxy) is 3. The first-order valence-electron chi connectivity index (χ1n) is 11.4. The first kappa shape index (κ1) is 27.9. The number of rotatable bonds is 9. The molecule has 4 rings (SSSR count). The molecule has 0 saturated carbocycles. The van der Waals surface area contributed by atoms with Crippen LogP contribution in [0.25, 0.3) is 11.2 Å². The number of fused-ring (bicyclic) bond motifs is 1. The summed E-state index contributed by atoms with van der Waals surface area (Å²) in [5, 5.41) is 23.2. The van der Waals surface area contributed by atoms with E-state index in [0.717, 1.165) is 10.8 Å². The molecule has 0 aliphatic carbocycles. The molecule has 40 heavy (non-hydrogen) atoms. The zero-order valence-corrected chi connectivity index (χ0v) is 21.3. The number of aliphatic imine (C=N–C) groups is 1. The topological polar surface area (TPSA) is 164 Å². The lowest BCUT2D eigenvalue weighted by atomic mass is 10.2. The SMILES string of the molecule is COCCOC1=CN/C(=C(\C=N)Oc2cnc3nc(Nc4cc(C(F)(F)F)cn(C)c4=O)n(C)c3c2C#N)C=N1. The summed E-state index contributed by atoms with van der Waals surface area (Å²) in [4.78, 5) is 25.0. The number of nitrogens with one attached hydrogen (secondary N) is 3. The van der Waals surface area contributed by atoms with Gasteiger partial charge >= 0.3 is 6.18 Å². The van der Waals surface area contributed by atoms with Gasteiger partial charge in [0.1, 0.15) is 35.1 Å². The van der Waals surface area contributed by atoms with Crippen LogP contribution < -0.4 is 20.9 Å². The largest absolute Gasteiger partial charge is 0.474 e. The van der Waals surface area contributed by atoms with Crippen LogP contribution in [0.4, 0.5) is 24.8 Å². The lowest BCUT2D eigenvalue weighted by molar-refractivity contribution is -0.138. The second-order valence-corrected chi connectivity index (χ2v) is 8.21. The lowest BCUT2D eigenvalue weighted by Gasteiger charge is -2.15. The summed E-state index contributed by atoms with van der Waals surface area (Å²) < 4.78 is 58.1. The van der Waals surface area contributed by atoms with Crippen molar-refractivity contribution in [2.24, 2.45) is 19.1 Å². The Labute approximate surface area is 224 Å². The molecule has 0 radical (unpaired) electrons. The zero-order valence-electron chi connectivity index (χ0n) is 21.3. The van der Waals surface area contributed by atoms with Gasteiger partial charge in [-0.3, -0.25) is 4.79 Å². The van der Waals surface area contributed by atoms with E-state index in [-0.39, 0.29) is 52.4 Å². The average molecular weight is 557 g/mol.